The molecule has 0 N–H and O–H groups in total. The number of ether oxygens (including phenoxy) is 2. The Labute approximate surface area is 213 Å². The maximum Gasteiger partial charge on any atom is 0.229 e. The van der Waals surface area contributed by atoms with Gasteiger partial charge in [0.15, 0.2) is 11.5 Å². The Bertz CT molecular complexity index is 1360. The van der Waals surface area contributed by atoms with E-state index in [4.69, 9.17) is 9.47 Å². The van der Waals surface area contributed by atoms with E-state index in [1.54, 1.807) is 35.1 Å². The van der Waals surface area contributed by atoms with E-state index in [1.807, 2.05) is 48.5 Å². The summed E-state index contributed by atoms with van der Waals surface area (Å²) in [5, 5.41) is 10.7. The number of carbonyl (C=O) groups excluding carboxylic acids is 1. The van der Waals surface area contributed by atoms with Crippen LogP contribution in [0, 0.1) is 17.1 Å². The second-order valence-electron chi connectivity index (χ2n) is 8.50. The lowest BCUT2D eigenvalue weighted by Gasteiger charge is -2.42. The summed E-state index contributed by atoms with van der Waals surface area (Å²) in [6, 6.07) is 24.2. The molecule has 0 aliphatic carbocycles. The molecule has 1 saturated heterocycles. The number of hydrogen-bond donors (Lipinski definition) is 0. The Morgan fingerprint density at radius 2 is 1.86 bits per heavy atom. The lowest BCUT2D eigenvalue weighted by Crippen LogP contribution is -2.47. The summed E-state index contributed by atoms with van der Waals surface area (Å²) in [7, 11) is 1.57. The number of para-hydroxylation sites is 1. The van der Waals surface area contributed by atoms with Crippen LogP contribution >= 0.6 is 11.8 Å². The molecule has 5 rings (SSSR count). The second-order valence-corrected chi connectivity index (χ2v) is 9.43. The molecule has 2 aliphatic rings. The van der Waals surface area contributed by atoms with E-state index in [-0.39, 0.29) is 24.8 Å². The van der Waals surface area contributed by atoms with Crippen LogP contribution in [0.25, 0.3) is 0 Å². The lowest BCUT2D eigenvalue weighted by atomic mass is 9.86. The van der Waals surface area contributed by atoms with Crippen molar-refractivity contribution < 1.29 is 18.7 Å². The van der Waals surface area contributed by atoms with Gasteiger partial charge in [-0.3, -0.25) is 9.69 Å². The Morgan fingerprint density at radius 3 is 2.61 bits per heavy atom. The molecule has 0 radical (unpaired) electrons. The predicted molar refractivity (Wildman–Crippen MR) is 137 cm³/mol. The van der Waals surface area contributed by atoms with Crippen LogP contribution in [0.4, 0.5) is 10.1 Å². The van der Waals surface area contributed by atoms with Crippen LogP contribution in [-0.2, 0) is 11.4 Å². The minimum absolute atomic E-state index is 0.106. The zero-order chi connectivity index (χ0) is 25.1. The van der Waals surface area contributed by atoms with Crippen molar-refractivity contribution in [1.82, 2.24) is 4.90 Å². The predicted octanol–water partition coefficient (Wildman–Crippen LogP) is 5.63. The summed E-state index contributed by atoms with van der Waals surface area (Å²) >= 11 is 1.38. The number of rotatable bonds is 6. The van der Waals surface area contributed by atoms with Gasteiger partial charge in [-0.15, -0.1) is 0 Å². The van der Waals surface area contributed by atoms with Crippen molar-refractivity contribution in [3.63, 3.8) is 0 Å². The van der Waals surface area contributed by atoms with Gasteiger partial charge in [0.25, 0.3) is 0 Å². The maximum absolute atomic E-state index is 14.3. The average molecular weight is 502 g/mol. The Kier molecular flexibility index (Phi) is 6.83. The summed E-state index contributed by atoms with van der Waals surface area (Å²) < 4.78 is 25.9. The molecule has 0 aromatic heterocycles. The van der Waals surface area contributed by atoms with Gasteiger partial charge in [-0.05, 0) is 35.4 Å². The molecule has 8 heteroatoms. The summed E-state index contributed by atoms with van der Waals surface area (Å²) in [5.74, 6) is 0.738. The van der Waals surface area contributed by atoms with Crippen molar-refractivity contribution in [2.45, 2.75) is 18.9 Å². The fourth-order valence-corrected chi connectivity index (χ4v) is 5.62. The number of benzene rings is 3. The van der Waals surface area contributed by atoms with Gasteiger partial charge in [-0.2, -0.15) is 5.26 Å². The number of halogens is 1. The van der Waals surface area contributed by atoms with Crippen LogP contribution in [0.5, 0.6) is 11.5 Å². The molecule has 3 aromatic carbocycles. The highest BCUT2D eigenvalue weighted by Gasteiger charge is 2.39. The maximum atomic E-state index is 14.3. The quantitative estimate of drug-likeness (QED) is 0.436. The first-order chi connectivity index (χ1) is 17.6. The number of hydrogen-bond acceptors (Lipinski definition) is 6. The Morgan fingerprint density at radius 1 is 1.08 bits per heavy atom. The molecule has 0 spiro atoms. The summed E-state index contributed by atoms with van der Waals surface area (Å²) in [5.41, 5.74) is 2.83. The standard InChI is InChI=1S/C28H24FN3O3S/c1-34-26-13-20(11-12-25(26)35-16-19-7-3-2-4-8-19)21-14-27(33)32-17-31(18-36-28(32)22(21)15-30)24-10-6-5-9-23(24)29/h2-13,21H,14,16-18H2,1H3/t21-/m1/s1. The normalized spacial score (nSPS) is 17.5. The second kappa shape index (κ2) is 10.3. The first kappa shape index (κ1) is 23.8. The lowest BCUT2D eigenvalue weighted by molar-refractivity contribution is -0.129. The van der Waals surface area contributed by atoms with Crippen LogP contribution in [0.15, 0.2) is 83.4 Å². The third kappa shape index (κ3) is 4.62. The number of methoxy groups -OCH3 is 1. The number of nitriles is 1. The van der Waals surface area contributed by atoms with E-state index >= 15 is 0 Å². The van der Waals surface area contributed by atoms with Crippen molar-refractivity contribution in [3.8, 4) is 17.6 Å². The minimum atomic E-state index is -0.390. The van der Waals surface area contributed by atoms with Crippen molar-refractivity contribution >= 4 is 23.4 Å². The molecule has 0 saturated carbocycles. The number of carbonyl (C=O) groups is 1. The molecule has 2 aliphatic heterocycles. The van der Waals surface area contributed by atoms with E-state index in [0.717, 1.165) is 11.1 Å². The van der Waals surface area contributed by atoms with Crippen molar-refractivity contribution in [3.05, 3.63) is 100 Å². The first-order valence-electron chi connectivity index (χ1n) is 11.5. The molecule has 1 atom stereocenters. The van der Waals surface area contributed by atoms with Gasteiger partial charge in [0.1, 0.15) is 12.4 Å². The highest BCUT2D eigenvalue weighted by Crippen LogP contribution is 2.44. The van der Waals surface area contributed by atoms with E-state index in [2.05, 4.69) is 6.07 Å². The van der Waals surface area contributed by atoms with E-state index in [1.165, 1.54) is 17.8 Å². The van der Waals surface area contributed by atoms with Gasteiger partial charge in [0, 0.05) is 12.3 Å². The molecule has 2 heterocycles. The Hall–Kier alpha value is -3.96. The van der Waals surface area contributed by atoms with Crippen molar-refractivity contribution in [2.24, 2.45) is 0 Å². The number of anilines is 1. The van der Waals surface area contributed by atoms with Gasteiger partial charge in [0.2, 0.25) is 5.91 Å². The van der Waals surface area contributed by atoms with E-state index < -0.39 is 5.92 Å². The SMILES string of the molecule is COc1cc([C@H]2CC(=O)N3CN(c4ccccc4F)CSC3=C2C#N)ccc1OCc1ccccc1. The molecule has 182 valence electrons. The van der Waals surface area contributed by atoms with Crippen molar-refractivity contribution in [2.75, 3.05) is 24.6 Å². The molecule has 1 amide bonds. The largest absolute Gasteiger partial charge is 0.493 e. The smallest absolute Gasteiger partial charge is 0.229 e. The van der Waals surface area contributed by atoms with Gasteiger partial charge in [-0.25, -0.2) is 4.39 Å². The van der Waals surface area contributed by atoms with Gasteiger partial charge < -0.3 is 14.4 Å². The molecule has 0 unspecified atom stereocenters. The summed E-state index contributed by atoms with van der Waals surface area (Å²) in [4.78, 5) is 16.6. The zero-order valence-corrected chi connectivity index (χ0v) is 20.5. The monoisotopic (exact) mass is 501 g/mol. The number of nitrogens with zero attached hydrogens (tertiary/aromatic N) is 3. The number of fused-ring (bicyclic) bond motifs is 1. The van der Waals surface area contributed by atoms with Crippen LogP contribution in [0.2, 0.25) is 0 Å². The minimum Gasteiger partial charge on any atom is -0.493 e. The van der Waals surface area contributed by atoms with Gasteiger partial charge >= 0.3 is 0 Å². The average Bonchev–Trinajstić information content (AvgIpc) is 2.92. The third-order valence-corrected chi connectivity index (χ3v) is 7.47. The number of thioether (sulfide) groups is 1. The van der Waals surface area contributed by atoms with Gasteiger partial charge in [-0.1, -0.05) is 60.3 Å². The highest BCUT2D eigenvalue weighted by molar-refractivity contribution is 8.03. The molecular formula is C28H24FN3O3S. The fraction of sp³-hybridized carbons (Fsp3) is 0.214. The molecule has 3 aromatic rings. The van der Waals surface area contributed by atoms with Crippen LogP contribution in [-0.4, -0.2) is 30.5 Å². The molecule has 36 heavy (non-hydrogen) atoms. The zero-order valence-electron chi connectivity index (χ0n) is 19.7. The third-order valence-electron chi connectivity index (χ3n) is 6.31. The summed E-state index contributed by atoms with van der Waals surface area (Å²) in [6.07, 6.45) is 0.144. The van der Waals surface area contributed by atoms with Crippen LogP contribution in [0.3, 0.4) is 0 Å². The van der Waals surface area contributed by atoms with Crippen LogP contribution in [0.1, 0.15) is 23.5 Å². The molecule has 0 bridgehead atoms. The van der Waals surface area contributed by atoms with Crippen LogP contribution < -0.4 is 14.4 Å². The van der Waals surface area contributed by atoms with E-state index in [9.17, 15) is 14.4 Å². The van der Waals surface area contributed by atoms with E-state index in [0.29, 0.717) is 40.3 Å². The summed E-state index contributed by atoms with van der Waals surface area (Å²) in [6.45, 7) is 0.603. The van der Waals surface area contributed by atoms with Crippen molar-refractivity contribution in [1.29, 1.82) is 5.26 Å². The number of amides is 1. The molecule has 1 fully saturated rings. The fourth-order valence-electron chi connectivity index (χ4n) is 4.46. The topological polar surface area (TPSA) is 65.8 Å². The molecule has 6 nitrogen and oxygen atoms in total. The Balaban J connectivity index is 1.40. The molecular weight excluding hydrogens is 477 g/mol. The van der Waals surface area contributed by atoms with Gasteiger partial charge in [0.05, 0.1) is 42.0 Å². The first-order valence-corrected chi connectivity index (χ1v) is 12.5. The number of allylic oxidation sites excluding steroid dienone is 1. The highest BCUT2D eigenvalue weighted by atomic mass is 32.2.